The van der Waals surface area contributed by atoms with Crippen LogP contribution in [0, 0.1) is 17.5 Å². The normalized spacial score (nSPS) is 30.3. The summed E-state index contributed by atoms with van der Waals surface area (Å²) in [4.78, 5) is 13.4. The fourth-order valence-corrected chi connectivity index (χ4v) is 4.78. The average Bonchev–Trinajstić information content (AvgIpc) is 3.41. The number of benzene rings is 1. The van der Waals surface area contributed by atoms with Gasteiger partial charge >= 0.3 is 5.96 Å². The number of halogens is 3. The van der Waals surface area contributed by atoms with Crippen LogP contribution >= 0.6 is 0 Å². The molecule has 1 aromatic carbocycles. The largest absolute Gasteiger partial charge is 0.393 e. The van der Waals surface area contributed by atoms with Crippen LogP contribution in [0.4, 0.5) is 36.3 Å². The summed E-state index contributed by atoms with van der Waals surface area (Å²) >= 11 is 0. The molecule has 0 spiro atoms. The molecule has 8 nitrogen and oxygen atoms in total. The molecule has 1 aliphatic carbocycles. The Balaban J connectivity index is 1.52. The first-order chi connectivity index (χ1) is 15.8. The molecule has 3 aliphatic rings. The Morgan fingerprint density at radius 1 is 1.15 bits per heavy atom. The second-order valence-corrected chi connectivity index (χ2v) is 8.95. The number of fused-ring (bicyclic) bond motifs is 1. The Kier molecular flexibility index (Phi) is 5.71. The Morgan fingerprint density at radius 2 is 1.88 bits per heavy atom. The number of rotatable bonds is 4. The van der Waals surface area contributed by atoms with E-state index in [2.05, 4.69) is 20.6 Å². The van der Waals surface area contributed by atoms with E-state index in [1.807, 2.05) is 7.05 Å². The van der Waals surface area contributed by atoms with Crippen LogP contribution in [0.25, 0.3) is 0 Å². The van der Waals surface area contributed by atoms with Crippen molar-refractivity contribution in [3.05, 3.63) is 35.8 Å². The molecule has 1 aromatic heterocycles. The summed E-state index contributed by atoms with van der Waals surface area (Å²) in [5.74, 6) is -1.85. The van der Waals surface area contributed by atoms with Crippen LogP contribution in [0.15, 0.2) is 23.3 Å². The van der Waals surface area contributed by atoms with Gasteiger partial charge in [0.15, 0.2) is 11.6 Å². The van der Waals surface area contributed by atoms with E-state index >= 15 is 0 Å². The molecule has 11 heteroatoms. The molecule has 3 heterocycles. The smallest absolute Gasteiger partial charge is 0.314 e. The van der Waals surface area contributed by atoms with Gasteiger partial charge in [-0.05, 0) is 25.7 Å². The minimum absolute atomic E-state index is 0.0478. The second-order valence-electron chi connectivity index (χ2n) is 8.95. The Hall–Kier alpha value is -2.76. The number of quaternary nitrogens is 1. The van der Waals surface area contributed by atoms with Crippen molar-refractivity contribution in [2.45, 2.75) is 50.3 Å². The van der Waals surface area contributed by atoms with E-state index in [1.54, 1.807) is 6.20 Å². The topological polar surface area (TPSA) is 91.7 Å². The van der Waals surface area contributed by atoms with Gasteiger partial charge in [0.25, 0.3) is 5.82 Å². The standard InChI is InChI=1S/C22H26F3N6O2/c1-31(14-6-7-33-11-14)20-18(10-26-21(30-20)27-13-2-4-15(32)5-3-13)28-22(31)29-19-16(24)8-12(23)9-17(19)25/h8-10,13-15,32H,2-7,11H2,1H3,(H,28,29)(H,26,27,30)/q+1. The number of hydrogen-bond donors (Lipinski definition) is 3. The van der Waals surface area contributed by atoms with Gasteiger partial charge in [-0.15, -0.1) is 0 Å². The molecule has 2 aromatic rings. The molecule has 2 aliphatic heterocycles. The first-order valence-electron chi connectivity index (χ1n) is 11.1. The molecule has 3 N–H and O–H groups in total. The number of ether oxygens (including phenoxy) is 1. The molecule has 1 saturated carbocycles. The highest BCUT2D eigenvalue weighted by Crippen LogP contribution is 2.41. The molecular formula is C22H26F3N6O2+. The van der Waals surface area contributed by atoms with Crippen LogP contribution in [0.1, 0.15) is 32.1 Å². The third kappa shape index (κ3) is 4.04. The maximum absolute atomic E-state index is 14.4. The van der Waals surface area contributed by atoms with Gasteiger partial charge in [-0.2, -0.15) is 9.98 Å². The SMILES string of the molecule is C[N+]1(C2CCOC2)C(=Nc2c(F)cc(F)cc2F)Nc2cnc(NC3CCC(O)CC3)nc21. The molecule has 5 rings (SSSR count). The van der Waals surface area contributed by atoms with Crippen molar-refractivity contribution >= 4 is 29.1 Å². The van der Waals surface area contributed by atoms with Crippen LogP contribution in [0.3, 0.4) is 0 Å². The molecule has 0 bridgehead atoms. The van der Waals surface area contributed by atoms with Crippen molar-refractivity contribution in [2.24, 2.45) is 4.99 Å². The number of aliphatic hydroxyl groups excluding tert-OH is 1. The summed E-state index contributed by atoms with van der Waals surface area (Å²) in [7, 11) is 1.87. The lowest BCUT2D eigenvalue weighted by atomic mass is 9.93. The molecule has 2 atom stereocenters. The molecule has 0 amide bonds. The number of hydrogen-bond acceptors (Lipinski definition) is 6. The van der Waals surface area contributed by atoms with E-state index in [1.165, 1.54) is 0 Å². The monoisotopic (exact) mass is 463 g/mol. The number of anilines is 2. The van der Waals surface area contributed by atoms with Crippen molar-refractivity contribution in [3.8, 4) is 0 Å². The van der Waals surface area contributed by atoms with Gasteiger partial charge in [-0.25, -0.2) is 22.6 Å². The lowest BCUT2D eigenvalue weighted by molar-refractivity contribution is 0.126. The molecule has 0 radical (unpaired) electrons. The number of aromatic nitrogens is 2. The molecule has 2 fully saturated rings. The van der Waals surface area contributed by atoms with E-state index in [0.717, 1.165) is 25.7 Å². The van der Waals surface area contributed by atoms with Gasteiger partial charge in [0.2, 0.25) is 5.95 Å². The van der Waals surface area contributed by atoms with E-state index in [0.29, 0.717) is 49.2 Å². The van der Waals surface area contributed by atoms with E-state index < -0.39 is 23.1 Å². The average molecular weight is 463 g/mol. The van der Waals surface area contributed by atoms with Crippen molar-refractivity contribution in [1.29, 1.82) is 0 Å². The minimum Gasteiger partial charge on any atom is -0.393 e. The van der Waals surface area contributed by atoms with Crippen LogP contribution in [0.5, 0.6) is 0 Å². The Morgan fingerprint density at radius 3 is 2.55 bits per heavy atom. The van der Waals surface area contributed by atoms with Gasteiger partial charge in [0.1, 0.15) is 23.2 Å². The zero-order valence-corrected chi connectivity index (χ0v) is 18.2. The van der Waals surface area contributed by atoms with Crippen molar-refractivity contribution in [2.75, 3.05) is 30.9 Å². The van der Waals surface area contributed by atoms with Gasteiger partial charge in [-0.1, -0.05) is 0 Å². The number of guanidine groups is 1. The summed E-state index contributed by atoms with van der Waals surface area (Å²) < 4.78 is 47.8. The summed E-state index contributed by atoms with van der Waals surface area (Å²) in [6.07, 6.45) is 5.15. The van der Waals surface area contributed by atoms with E-state index in [-0.39, 0.29) is 28.6 Å². The summed E-state index contributed by atoms with van der Waals surface area (Å²) in [5.41, 5.74) is 0.0118. The zero-order valence-electron chi connectivity index (χ0n) is 18.2. The van der Waals surface area contributed by atoms with Crippen molar-refractivity contribution in [3.63, 3.8) is 0 Å². The van der Waals surface area contributed by atoms with Crippen molar-refractivity contribution in [1.82, 2.24) is 14.5 Å². The number of aliphatic imine (C=N–C) groups is 1. The predicted octanol–water partition coefficient (Wildman–Crippen LogP) is 3.45. The van der Waals surface area contributed by atoms with Crippen LogP contribution < -0.4 is 15.1 Å². The lowest BCUT2D eigenvalue weighted by Crippen LogP contribution is -2.57. The van der Waals surface area contributed by atoms with Gasteiger partial charge in [0, 0.05) is 24.6 Å². The summed E-state index contributed by atoms with van der Waals surface area (Å²) in [6, 6.07) is 1.29. The Labute approximate surface area is 189 Å². The molecule has 1 saturated heterocycles. The maximum atomic E-state index is 14.4. The quantitative estimate of drug-likeness (QED) is 0.602. The molecular weight excluding hydrogens is 437 g/mol. The fourth-order valence-electron chi connectivity index (χ4n) is 4.78. The summed E-state index contributed by atoms with van der Waals surface area (Å²) in [5, 5.41) is 16.2. The minimum atomic E-state index is -1.08. The van der Waals surface area contributed by atoms with Crippen molar-refractivity contribution < 1.29 is 23.0 Å². The van der Waals surface area contributed by atoms with Crippen LogP contribution in [-0.2, 0) is 4.74 Å². The first kappa shape index (κ1) is 22.1. The lowest BCUT2D eigenvalue weighted by Gasteiger charge is -2.32. The third-order valence-electron chi connectivity index (χ3n) is 6.76. The number of nitrogens with zero attached hydrogens (tertiary/aromatic N) is 4. The van der Waals surface area contributed by atoms with E-state index in [4.69, 9.17) is 9.72 Å². The molecule has 33 heavy (non-hydrogen) atoms. The Bertz CT molecular complexity index is 1060. The number of likely N-dealkylation sites (N-methyl/N-ethyl adjacent to an activating group) is 1. The van der Waals surface area contributed by atoms with Crippen LogP contribution in [0.2, 0.25) is 0 Å². The fraction of sp³-hybridized carbons (Fsp3) is 0.500. The van der Waals surface area contributed by atoms with E-state index in [9.17, 15) is 18.3 Å². The van der Waals surface area contributed by atoms with Gasteiger partial charge in [0.05, 0.1) is 32.6 Å². The molecule has 2 unspecified atom stereocenters. The highest BCUT2D eigenvalue weighted by Gasteiger charge is 2.51. The van der Waals surface area contributed by atoms with Crippen LogP contribution in [-0.4, -0.2) is 59.5 Å². The maximum Gasteiger partial charge on any atom is 0.314 e. The summed E-state index contributed by atoms with van der Waals surface area (Å²) in [6.45, 7) is 0.985. The number of nitrogens with one attached hydrogen (secondary N) is 2. The molecule has 176 valence electrons. The van der Waals surface area contributed by atoms with Gasteiger partial charge in [-0.3, -0.25) is 5.32 Å². The predicted molar refractivity (Wildman–Crippen MR) is 118 cm³/mol. The zero-order chi connectivity index (χ0) is 23.2. The third-order valence-corrected chi connectivity index (χ3v) is 6.76. The second kappa shape index (κ2) is 8.54. The number of aliphatic hydroxyl groups is 1. The highest BCUT2D eigenvalue weighted by atomic mass is 19.1. The first-order valence-corrected chi connectivity index (χ1v) is 11.1. The highest BCUT2D eigenvalue weighted by molar-refractivity contribution is 6.10. The van der Waals surface area contributed by atoms with Gasteiger partial charge < -0.3 is 15.2 Å².